The van der Waals surface area contributed by atoms with Crippen molar-refractivity contribution in [2.75, 3.05) is 47.5 Å². The van der Waals surface area contributed by atoms with E-state index in [1.807, 2.05) is 21.1 Å². The number of rotatable bonds is 43. The second-order valence-electron chi connectivity index (χ2n) is 17.2. The van der Waals surface area contributed by atoms with Crippen LogP contribution in [0.25, 0.3) is 0 Å². The minimum atomic E-state index is -4.37. The molecule has 0 rings (SSSR count). The van der Waals surface area contributed by atoms with Crippen molar-refractivity contribution in [1.29, 1.82) is 0 Å². The molecule has 0 saturated carbocycles. The first-order valence-electron chi connectivity index (χ1n) is 23.3. The van der Waals surface area contributed by atoms with Crippen LogP contribution in [0.5, 0.6) is 0 Å². The maximum absolute atomic E-state index is 12.7. The summed E-state index contributed by atoms with van der Waals surface area (Å²) in [6.07, 6.45) is 38.5. The number of quaternary nitrogens is 1. The van der Waals surface area contributed by atoms with Gasteiger partial charge < -0.3 is 18.9 Å². The van der Waals surface area contributed by atoms with E-state index in [1.54, 1.807) is 0 Å². The fourth-order valence-corrected chi connectivity index (χ4v) is 7.46. The van der Waals surface area contributed by atoms with Crippen molar-refractivity contribution in [3.8, 4) is 0 Å². The normalized spacial score (nSPS) is 13.5. The van der Waals surface area contributed by atoms with Crippen molar-refractivity contribution in [3.05, 3.63) is 0 Å². The molecule has 2 atom stereocenters. The summed E-state index contributed by atoms with van der Waals surface area (Å²) in [5.41, 5.74) is 0. The minimum Gasteiger partial charge on any atom is -0.462 e. The lowest BCUT2D eigenvalue weighted by atomic mass is 10.0. The van der Waals surface area contributed by atoms with Gasteiger partial charge in [-0.25, -0.2) is 4.57 Å². The van der Waals surface area contributed by atoms with E-state index >= 15 is 0 Å². The monoisotopic (exact) mass is 805 g/mol. The van der Waals surface area contributed by atoms with Crippen LogP contribution in [0.1, 0.15) is 226 Å². The third kappa shape index (κ3) is 42.4. The van der Waals surface area contributed by atoms with Crippen LogP contribution in [-0.4, -0.2) is 74.9 Å². The van der Waals surface area contributed by atoms with Crippen LogP contribution in [0.2, 0.25) is 0 Å². The highest BCUT2D eigenvalue weighted by Gasteiger charge is 2.27. The molecule has 0 aliphatic rings. The lowest BCUT2D eigenvalue weighted by molar-refractivity contribution is -0.870. The molecule has 0 aliphatic carbocycles. The van der Waals surface area contributed by atoms with E-state index in [0.29, 0.717) is 17.4 Å². The Morgan fingerprint density at radius 1 is 0.491 bits per heavy atom. The Morgan fingerprint density at radius 3 is 1.16 bits per heavy atom. The molecule has 10 heteroatoms. The standard InChI is InChI=1S/C45H90NO8P/c1-6-8-10-12-14-16-18-20-22-24-26-28-30-32-34-36-38-45(48)54-43(42-53-55(49,50)52-40-39-46(3,4)5)41-51-44(47)37-35-33-31-29-27-25-23-21-19-17-15-13-11-9-7-2/h43H,6-42H2,1-5H3/p+1. The molecule has 0 spiro atoms. The summed E-state index contributed by atoms with van der Waals surface area (Å²) in [6.45, 7) is 4.47. The topological polar surface area (TPSA) is 108 Å². The highest BCUT2D eigenvalue weighted by molar-refractivity contribution is 7.47. The largest absolute Gasteiger partial charge is 0.472 e. The summed E-state index contributed by atoms with van der Waals surface area (Å²) in [6, 6.07) is 0. The average molecular weight is 805 g/mol. The second kappa shape index (κ2) is 38.5. The maximum Gasteiger partial charge on any atom is 0.472 e. The van der Waals surface area contributed by atoms with Gasteiger partial charge in [0.25, 0.3) is 0 Å². The van der Waals surface area contributed by atoms with Crippen molar-refractivity contribution in [1.82, 2.24) is 0 Å². The molecule has 0 bridgehead atoms. The van der Waals surface area contributed by atoms with Crippen molar-refractivity contribution >= 4 is 19.8 Å². The quantitative estimate of drug-likeness (QED) is 0.0281. The Balaban J connectivity index is 4.28. The number of ether oxygens (including phenoxy) is 2. The number of carbonyl (C=O) groups excluding carboxylic acids is 2. The fraction of sp³-hybridized carbons (Fsp3) is 0.956. The molecular formula is C45H91NO8P+. The number of nitrogens with zero attached hydrogens (tertiary/aromatic N) is 1. The third-order valence-corrected chi connectivity index (χ3v) is 11.4. The fourth-order valence-electron chi connectivity index (χ4n) is 6.72. The van der Waals surface area contributed by atoms with Gasteiger partial charge in [0.15, 0.2) is 6.10 Å². The SMILES string of the molecule is CCCCCCCCCCCCCCCCCCC(=O)OC(COC(=O)CCCCCCCCCCCCCCCCC)COP(=O)(O)OCC[N+](C)(C)C. The molecule has 0 aromatic heterocycles. The Morgan fingerprint density at radius 2 is 0.818 bits per heavy atom. The second-order valence-corrected chi connectivity index (χ2v) is 18.6. The zero-order valence-corrected chi connectivity index (χ0v) is 37.8. The van der Waals surface area contributed by atoms with Crippen LogP contribution in [0.15, 0.2) is 0 Å². The maximum atomic E-state index is 12.7. The number of phosphoric ester groups is 1. The summed E-state index contributed by atoms with van der Waals surface area (Å²) < 4.78 is 34.4. The van der Waals surface area contributed by atoms with Crippen molar-refractivity contribution in [3.63, 3.8) is 0 Å². The van der Waals surface area contributed by atoms with Crippen molar-refractivity contribution < 1.29 is 42.1 Å². The lowest BCUT2D eigenvalue weighted by Gasteiger charge is -2.24. The zero-order valence-electron chi connectivity index (χ0n) is 36.9. The van der Waals surface area contributed by atoms with Crippen molar-refractivity contribution in [2.45, 2.75) is 232 Å². The molecule has 0 saturated heterocycles. The number of hydrogen-bond donors (Lipinski definition) is 1. The number of hydrogen-bond acceptors (Lipinski definition) is 7. The Bertz CT molecular complexity index is 912. The molecule has 9 nitrogen and oxygen atoms in total. The Hall–Kier alpha value is -0.990. The smallest absolute Gasteiger partial charge is 0.462 e. The van der Waals surface area contributed by atoms with Gasteiger partial charge in [-0.15, -0.1) is 0 Å². The third-order valence-electron chi connectivity index (χ3n) is 10.4. The van der Waals surface area contributed by atoms with E-state index in [0.717, 1.165) is 38.5 Å². The lowest BCUT2D eigenvalue weighted by Crippen LogP contribution is -2.37. The van der Waals surface area contributed by atoms with E-state index in [9.17, 15) is 19.0 Å². The van der Waals surface area contributed by atoms with Crippen LogP contribution < -0.4 is 0 Å². The predicted octanol–water partition coefficient (Wildman–Crippen LogP) is 13.2. The first-order valence-corrected chi connectivity index (χ1v) is 24.8. The molecule has 0 aliphatic heterocycles. The summed E-state index contributed by atoms with van der Waals surface area (Å²) >= 11 is 0. The predicted molar refractivity (Wildman–Crippen MR) is 229 cm³/mol. The average Bonchev–Trinajstić information content (AvgIpc) is 3.13. The number of unbranched alkanes of at least 4 members (excludes halogenated alkanes) is 29. The number of phosphoric acid groups is 1. The van der Waals surface area contributed by atoms with Gasteiger partial charge in [-0.1, -0.05) is 200 Å². The Kier molecular flexibility index (Phi) is 37.8. The molecule has 55 heavy (non-hydrogen) atoms. The molecule has 0 fully saturated rings. The van der Waals surface area contributed by atoms with Gasteiger partial charge in [0.2, 0.25) is 0 Å². The van der Waals surface area contributed by atoms with Crippen LogP contribution in [0.3, 0.4) is 0 Å². The Labute approximate surface area is 340 Å². The van der Waals surface area contributed by atoms with Gasteiger partial charge in [-0.2, -0.15) is 0 Å². The van der Waals surface area contributed by atoms with Crippen LogP contribution in [-0.2, 0) is 32.7 Å². The minimum absolute atomic E-state index is 0.0369. The zero-order chi connectivity index (χ0) is 40.7. The molecule has 1 N–H and O–H groups in total. The first kappa shape index (κ1) is 54.0. The molecule has 0 amide bonds. The summed E-state index contributed by atoms with van der Waals surface area (Å²) in [4.78, 5) is 35.4. The van der Waals surface area contributed by atoms with Gasteiger partial charge in [-0.05, 0) is 12.8 Å². The van der Waals surface area contributed by atoms with E-state index in [1.165, 1.54) is 161 Å². The number of likely N-dealkylation sites (N-methyl/N-ethyl adjacent to an activating group) is 1. The van der Waals surface area contributed by atoms with Crippen molar-refractivity contribution in [2.24, 2.45) is 0 Å². The summed E-state index contributed by atoms with van der Waals surface area (Å²) in [5, 5.41) is 0. The van der Waals surface area contributed by atoms with Gasteiger partial charge >= 0.3 is 19.8 Å². The van der Waals surface area contributed by atoms with Crippen LogP contribution in [0.4, 0.5) is 0 Å². The highest BCUT2D eigenvalue weighted by Crippen LogP contribution is 2.43. The molecule has 0 radical (unpaired) electrons. The van der Waals surface area contributed by atoms with Gasteiger partial charge in [0, 0.05) is 12.8 Å². The van der Waals surface area contributed by atoms with Crippen LogP contribution >= 0.6 is 7.82 Å². The summed E-state index contributed by atoms with van der Waals surface area (Å²) in [7, 11) is 1.49. The number of esters is 2. The van der Waals surface area contributed by atoms with Gasteiger partial charge in [0.05, 0.1) is 27.7 Å². The summed E-state index contributed by atoms with van der Waals surface area (Å²) in [5.74, 6) is -0.781. The van der Waals surface area contributed by atoms with E-state index in [2.05, 4.69) is 13.8 Å². The van der Waals surface area contributed by atoms with E-state index in [-0.39, 0.29) is 25.6 Å². The highest BCUT2D eigenvalue weighted by atomic mass is 31.2. The van der Waals surface area contributed by atoms with Gasteiger partial charge in [0.1, 0.15) is 19.8 Å². The van der Waals surface area contributed by atoms with E-state index < -0.39 is 26.5 Å². The molecular weight excluding hydrogens is 713 g/mol. The molecule has 0 aromatic carbocycles. The van der Waals surface area contributed by atoms with Gasteiger partial charge in [-0.3, -0.25) is 18.6 Å². The molecule has 0 heterocycles. The van der Waals surface area contributed by atoms with Crippen LogP contribution in [0, 0.1) is 0 Å². The first-order chi connectivity index (χ1) is 26.5. The molecule has 0 aromatic rings. The number of carbonyl (C=O) groups is 2. The molecule has 2 unspecified atom stereocenters. The van der Waals surface area contributed by atoms with E-state index in [4.69, 9.17) is 18.5 Å². The molecule has 328 valence electrons.